The Hall–Kier alpha value is -5.01. The Bertz CT molecular complexity index is 2060. The summed E-state index contributed by atoms with van der Waals surface area (Å²) in [4.78, 5) is 55.4. The van der Waals surface area contributed by atoms with Gasteiger partial charge in [-0.15, -0.1) is 0 Å². The highest BCUT2D eigenvalue weighted by Gasteiger charge is 2.38. The van der Waals surface area contributed by atoms with Gasteiger partial charge in [0.2, 0.25) is 0 Å². The lowest BCUT2D eigenvalue weighted by Gasteiger charge is -2.46. The van der Waals surface area contributed by atoms with E-state index < -0.39 is 5.97 Å². The highest BCUT2D eigenvalue weighted by molar-refractivity contribution is 6.10. The van der Waals surface area contributed by atoms with Crippen LogP contribution in [0.2, 0.25) is 0 Å². The number of carboxylic acid groups (broad SMARTS) is 1. The zero-order valence-corrected chi connectivity index (χ0v) is 28.8. The Kier molecular flexibility index (Phi) is 7.79. The van der Waals surface area contributed by atoms with Gasteiger partial charge < -0.3 is 29.2 Å². The van der Waals surface area contributed by atoms with E-state index in [-0.39, 0.29) is 34.0 Å². The number of aromatic carboxylic acids is 1. The summed E-state index contributed by atoms with van der Waals surface area (Å²) in [6.45, 7) is 12.0. The van der Waals surface area contributed by atoms with Crippen LogP contribution in [0, 0.1) is 5.41 Å². The summed E-state index contributed by atoms with van der Waals surface area (Å²) in [5, 5.41) is 13.7. The lowest BCUT2D eigenvalue weighted by atomic mass is 9.90. The van der Waals surface area contributed by atoms with E-state index in [1.807, 2.05) is 24.4 Å². The van der Waals surface area contributed by atoms with Crippen LogP contribution in [0.25, 0.3) is 11.1 Å². The molecule has 1 aliphatic carbocycles. The van der Waals surface area contributed by atoms with Gasteiger partial charge in [-0.25, -0.2) is 14.8 Å². The van der Waals surface area contributed by atoms with Gasteiger partial charge in [-0.05, 0) is 61.1 Å². The predicted octanol–water partition coefficient (Wildman–Crippen LogP) is 3.78. The number of amides is 1. The fourth-order valence-corrected chi connectivity index (χ4v) is 8.07. The molecule has 0 radical (unpaired) electrons. The van der Waals surface area contributed by atoms with Crippen LogP contribution in [0.5, 0.6) is 0 Å². The second-order valence-corrected chi connectivity index (χ2v) is 14.8. The van der Waals surface area contributed by atoms with Crippen molar-refractivity contribution in [3.8, 4) is 11.1 Å². The Balaban J connectivity index is 1.06. The summed E-state index contributed by atoms with van der Waals surface area (Å²) in [6.07, 6.45) is 6.73. The van der Waals surface area contributed by atoms with Crippen LogP contribution >= 0.6 is 0 Å². The number of fused-ring (bicyclic) bond motifs is 3. The van der Waals surface area contributed by atoms with E-state index in [1.54, 1.807) is 25.4 Å². The zero-order valence-electron chi connectivity index (χ0n) is 28.8. The third-order valence-electron chi connectivity index (χ3n) is 10.7. The van der Waals surface area contributed by atoms with Gasteiger partial charge in [-0.1, -0.05) is 13.8 Å². The van der Waals surface area contributed by atoms with Crippen LogP contribution in [-0.4, -0.2) is 92.5 Å². The molecular formula is C37H42N8O5. The van der Waals surface area contributed by atoms with Crippen molar-refractivity contribution in [2.75, 3.05) is 54.5 Å². The number of carboxylic acids is 1. The smallest absolute Gasteiger partial charge is 0.340 e. The largest absolute Gasteiger partial charge is 0.478 e. The maximum atomic E-state index is 13.9. The molecule has 0 bridgehead atoms. The van der Waals surface area contributed by atoms with Crippen LogP contribution in [0.3, 0.4) is 0 Å². The van der Waals surface area contributed by atoms with Crippen LogP contribution in [0.1, 0.15) is 52.9 Å². The monoisotopic (exact) mass is 678 g/mol. The number of carbonyl (C=O) groups excluding carboxylic acids is 1. The minimum Gasteiger partial charge on any atom is -0.478 e. The van der Waals surface area contributed by atoms with Crippen molar-refractivity contribution in [1.29, 1.82) is 0 Å². The molecule has 1 unspecified atom stereocenters. The number of nitrogens with one attached hydrogen (secondary N) is 1. The third-order valence-corrected chi connectivity index (χ3v) is 10.7. The molecular weight excluding hydrogens is 636 g/mol. The number of nitrogens with zero attached hydrogens (tertiary/aromatic N) is 7. The maximum Gasteiger partial charge on any atom is 0.340 e. The van der Waals surface area contributed by atoms with E-state index in [9.17, 15) is 19.5 Å². The molecule has 13 nitrogen and oxygen atoms in total. The predicted molar refractivity (Wildman–Crippen MR) is 190 cm³/mol. The maximum absolute atomic E-state index is 13.9. The van der Waals surface area contributed by atoms with Gasteiger partial charge in [0.15, 0.2) is 5.82 Å². The van der Waals surface area contributed by atoms with Gasteiger partial charge in [0.1, 0.15) is 22.8 Å². The Morgan fingerprint density at radius 1 is 1.04 bits per heavy atom. The van der Waals surface area contributed by atoms with E-state index >= 15 is 0 Å². The molecule has 0 saturated carbocycles. The number of aromatic nitrogens is 4. The third kappa shape index (κ3) is 5.54. The van der Waals surface area contributed by atoms with Crippen molar-refractivity contribution >= 4 is 34.9 Å². The fourth-order valence-electron chi connectivity index (χ4n) is 8.07. The van der Waals surface area contributed by atoms with E-state index in [0.29, 0.717) is 47.8 Å². The van der Waals surface area contributed by atoms with Crippen molar-refractivity contribution in [2.24, 2.45) is 12.5 Å². The molecule has 2 fully saturated rings. The normalized spacial score (nSPS) is 20.4. The number of ether oxygens (including phenoxy) is 1. The van der Waals surface area contributed by atoms with Gasteiger partial charge in [0.25, 0.3) is 11.5 Å². The number of piperazine rings is 1. The average molecular weight is 679 g/mol. The topological polar surface area (TPSA) is 138 Å². The zero-order chi connectivity index (χ0) is 34.9. The number of hydrogen-bond acceptors (Lipinski definition) is 9. The SMILES string of the molecule is CC1CN(C2COC2)CCN1c1ccc(Nc2cc(-c3ccnc(N4CCn5c(cc6c5CC(C)(C)C6)C4=O)c3C(=O)O)cn(C)c2=O)nc1. The number of anilines is 4. The molecule has 260 valence electrons. The summed E-state index contributed by atoms with van der Waals surface area (Å²) in [7, 11) is 1.62. The van der Waals surface area contributed by atoms with Crippen molar-refractivity contribution in [3.63, 3.8) is 0 Å². The number of rotatable bonds is 7. The van der Waals surface area contributed by atoms with Crippen molar-refractivity contribution in [1.82, 2.24) is 24.0 Å². The second-order valence-electron chi connectivity index (χ2n) is 14.8. The van der Waals surface area contributed by atoms with Gasteiger partial charge >= 0.3 is 5.97 Å². The highest BCUT2D eigenvalue weighted by atomic mass is 16.5. The number of pyridine rings is 3. The standard InChI is InChI=1S/C37H42N8O5/c1-22-18-42(26-20-50-21-26)9-10-43(22)25-5-6-31(39-17-25)40-28-13-24(19-41(4)34(28)46)27-7-8-38-33(32(27)36(48)49)45-12-11-44-29(35(45)47)14-23-15-37(2,3)16-30(23)44/h5-8,13-14,17,19,22,26H,9-12,15-16,18,20-21H2,1-4H3,(H,39,40)(H,48,49). The summed E-state index contributed by atoms with van der Waals surface area (Å²) in [5.41, 5.74) is 4.80. The van der Waals surface area contributed by atoms with Crippen molar-refractivity contribution < 1.29 is 19.4 Å². The van der Waals surface area contributed by atoms with E-state index in [1.165, 1.54) is 26.9 Å². The molecule has 50 heavy (non-hydrogen) atoms. The summed E-state index contributed by atoms with van der Waals surface area (Å²) >= 11 is 0. The Morgan fingerprint density at radius 2 is 1.86 bits per heavy atom. The lowest BCUT2D eigenvalue weighted by molar-refractivity contribution is -0.0691. The Labute approximate surface area is 290 Å². The number of carbonyl (C=O) groups is 2. The first-order chi connectivity index (χ1) is 24.0. The molecule has 1 atom stereocenters. The lowest BCUT2D eigenvalue weighted by Crippen LogP contribution is -2.59. The van der Waals surface area contributed by atoms with E-state index in [0.717, 1.165) is 51.4 Å². The first-order valence-electron chi connectivity index (χ1n) is 17.3. The second kappa shape index (κ2) is 12.1. The molecule has 0 aromatic carbocycles. The van der Waals surface area contributed by atoms with Crippen LogP contribution < -0.4 is 20.7 Å². The first-order valence-corrected chi connectivity index (χ1v) is 17.3. The first kappa shape index (κ1) is 32.2. The number of hydrogen-bond donors (Lipinski definition) is 2. The van der Waals surface area contributed by atoms with Gasteiger partial charge in [-0.3, -0.25) is 19.4 Å². The molecule has 13 heteroatoms. The molecule has 4 aromatic rings. The minimum absolute atomic E-state index is 0.0876. The van der Waals surface area contributed by atoms with Crippen molar-refractivity contribution in [2.45, 2.75) is 52.2 Å². The molecule has 4 aromatic heterocycles. The summed E-state index contributed by atoms with van der Waals surface area (Å²) in [5.74, 6) is -0.897. The quantitative estimate of drug-likeness (QED) is 0.297. The van der Waals surface area contributed by atoms with Crippen LogP contribution in [0.15, 0.2) is 53.7 Å². The molecule has 0 spiro atoms. The molecule has 1 amide bonds. The Morgan fingerprint density at radius 3 is 2.56 bits per heavy atom. The van der Waals surface area contributed by atoms with Gasteiger partial charge in [-0.2, -0.15) is 0 Å². The molecule has 8 rings (SSSR count). The van der Waals surface area contributed by atoms with Gasteiger partial charge in [0.05, 0.1) is 31.1 Å². The molecule has 4 aliphatic rings. The minimum atomic E-state index is -1.21. The molecule has 7 heterocycles. The highest BCUT2D eigenvalue weighted by Crippen LogP contribution is 2.40. The molecule has 2 N–H and O–H groups in total. The van der Waals surface area contributed by atoms with Crippen molar-refractivity contribution in [3.05, 3.63) is 81.8 Å². The average Bonchev–Trinajstić information content (AvgIpc) is 3.55. The molecule has 3 aliphatic heterocycles. The molecule has 2 saturated heterocycles. The van der Waals surface area contributed by atoms with Crippen LogP contribution in [0.4, 0.5) is 23.0 Å². The summed E-state index contributed by atoms with van der Waals surface area (Å²) in [6, 6.07) is 9.88. The number of aryl methyl sites for hydroxylation is 1. The van der Waals surface area contributed by atoms with E-state index in [2.05, 4.69) is 50.4 Å². The van der Waals surface area contributed by atoms with Gasteiger partial charge in [0, 0.05) is 75.0 Å². The van der Waals surface area contributed by atoms with Crippen LogP contribution in [-0.2, 0) is 31.2 Å². The van der Waals surface area contributed by atoms with E-state index in [4.69, 9.17) is 4.74 Å². The summed E-state index contributed by atoms with van der Waals surface area (Å²) < 4.78 is 8.88. The fraction of sp³-hybridized carbons (Fsp3) is 0.432.